The summed E-state index contributed by atoms with van der Waals surface area (Å²) in [6, 6.07) is 8.85. The van der Waals surface area contributed by atoms with Crippen molar-refractivity contribution in [2.24, 2.45) is 0 Å². The van der Waals surface area contributed by atoms with Gasteiger partial charge in [0.1, 0.15) is 11.6 Å². The molecule has 0 spiro atoms. The molecule has 0 bridgehead atoms. The van der Waals surface area contributed by atoms with Gasteiger partial charge in [-0.2, -0.15) is 8.42 Å². The van der Waals surface area contributed by atoms with Gasteiger partial charge in [0.15, 0.2) is 0 Å². The first-order valence-electron chi connectivity index (χ1n) is 7.94. The van der Waals surface area contributed by atoms with Crippen LogP contribution >= 0.6 is 0 Å². The molecule has 0 fully saturated rings. The summed E-state index contributed by atoms with van der Waals surface area (Å²) in [5.41, 5.74) is 5.38. The van der Waals surface area contributed by atoms with E-state index in [4.69, 9.17) is 10.5 Å². The van der Waals surface area contributed by atoms with Gasteiger partial charge in [0.05, 0.1) is 15.4 Å². The van der Waals surface area contributed by atoms with Gasteiger partial charge in [-0.15, -0.1) is 9.19 Å². The number of benzene rings is 2. The molecule has 0 saturated heterocycles. The smallest absolute Gasteiger partial charge is 0.345 e. The summed E-state index contributed by atoms with van der Waals surface area (Å²) in [4.78, 5) is 22.4. The molecule has 0 aliphatic carbocycles. The second-order valence-corrected chi connectivity index (χ2v) is 7.57. The number of hydrogen-bond donors (Lipinski definition) is 1. The minimum absolute atomic E-state index is 0.0776. The molecule has 1 aromatic heterocycles. The van der Waals surface area contributed by atoms with Gasteiger partial charge in [-0.1, -0.05) is 6.07 Å². The number of nitro benzene ring substituents is 1. The Labute approximate surface area is 163 Å². The van der Waals surface area contributed by atoms with Gasteiger partial charge in [0, 0.05) is 17.7 Å². The summed E-state index contributed by atoms with van der Waals surface area (Å²) >= 11 is 0. The van der Waals surface area contributed by atoms with Crippen molar-refractivity contribution in [1.82, 2.24) is 9.19 Å². The Hall–Kier alpha value is -3.80. The van der Waals surface area contributed by atoms with Crippen molar-refractivity contribution in [2.75, 3.05) is 5.73 Å². The topological polar surface area (TPSA) is 147 Å². The third-order valence-corrected chi connectivity index (χ3v) is 5.56. The molecule has 0 atom stereocenters. The number of halogens is 1. The SMILES string of the molecule is Cc1c(C(=O)Oc2cc(N)n(S(=O)(=O)c3ccc(F)cc3)n2)cccc1[N+](=O)[O-]. The Balaban J connectivity index is 1.92. The monoisotopic (exact) mass is 420 g/mol. The van der Waals surface area contributed by atoms with Crippen LogP contribution in [-0.4, -0.2) is 28.5 Å². The predicted octanol–water partition coefficient (Wildman–Crippen LogP) is 2.28. The van der Waals surface area contributed by atoms with Crippen molar-refractivity contribution in [2.45, 2.75) is 11.8 Å². The number of ether oxygens (including phenoxy) is 1. The maximum absolute atomic E-state index is 13.0. The highest BCUT2D eigenvalue weighted by Gasteiger charge is 2.24. The highest BCUT2D eigenvalue weighted by molar-refractivity contribution is 7.90. The number of carbonyl (C=O) groups is 1. The molecule has 3 rings (SSSR count). The van der Waals surface area contributed by atoms with Crippen molar-refractivity contribution < 1.29 is 27.3 Å². The molecule has 150 valence electrons. The molecule has 0 radical (unpaired) electrons. The molecule has 0 saturated carbocycles. The van der Waals surface area contributed by atoms with Crippen LogP contribution in [-0.2, 0) is 10.0 Å². The quantitative estimate of drug-likeness (QED) is 0.375. The van der Waals surface area contributed by atoms with E-state index in [0.717, 1.165) is 30.3 Å². The standard InChI is InChI=1S/C17H13FN4O6S/c1-10-13(3-2-4-14(10)22(24)25)17(23)28-16-9-15(19)21(20-16)29(26,27)12-7-5-11(18)6-8-12/h2-9H,19H2,1H3. The van der Waals surface area contributed by atoms with Crippen LogP contribution < -0.4 is 10.5 Å². The number of aromatic nitrogens is 2. The van der Waals surface area contributed by atoms with E-state index in [0.29, 0.717) is 4.09 Å². The van der Waals surface area contributed by atoms with Crippen molar-refractivity contribution in [3.05, 3.63) is 75.6 Å². The van der Waals surface area contributed by atoms with E-state index in [1.165, 1.54) is 25.1 Å². The van der Waals surface area contributed by atoms with Crippen LogP contribution in [0.1, 0.15) is 15.9 Å². The van der Waals surface area contributed by atoms with Crippen LogP contribution in [0.4, 0.5) is 15.9 Å². The summed E-state index contributed by atoms with van der Waals surface area (Å²) < 4.78 is 43.7. The van der Waals surface area contributed by atoms with E-state index in [9.17, 15) is 27.7 Å². The molecule has 2 N–H and O–H groups in total. The van der Waals surface area contributed by atoms with Gasteiger partial charge >= 0.3 is 5.97 Å². The van der Waals surface area contributed by atoms with Crippen molar-refractivity contribution in [3.8, 4) is 5.88 Å². The van der Waals surface area contributed by atoms with Crippen LogP contribution in [0.5, 0.6) is 5.88 Å². The van der Waals surface area contributed by atoms with Crippen molar-refractivity contribution in [3.63, 3.8) is 0 Å². The lowest BCUT2D eigenvalue weighted by molar-refractivity contribution is -0.385. The molecule has 10 nitrogen and oxygen atoms in total. The van der Waals surface area contributed by atoms with Gasteiger partial charge in [-0.05, 0) is 37.3 Å². The first-order chi connectivity index (χ1) is 13.6. The van der Waals surface area contributed by atoms with Crippen LogP contribution in [0.15, 0.2) is 53.4 Å². The van der Waals surface area contributed by atoms with E-state index in [-0.39, 0.29) is 27.5 Å². The third kappa shape index (κ3) is 3.78. The Kier molecular flexibility index (Phi) is 5.03. The highest BCUT2D eigenvalue weighted by Crippen LogP contribution is 2.24. The molecule has 0 aliphatic heterocycles. The van der Waals surface area contributed by atoms with Gasteiger partial charge in [-0.25, -0.2) is 9.18 Å². The number of esters is 1. The minimum Gasteiger partial charge on any atom is -0.402 e. The van der Waals surface area contributed by atoms with E-state index >= 15 is 0 Å². The predicted molar refractivity (Wildman–Crippen MR) is 98.4 cm³/mol. The van der Waals surface area contributed by atoms with Gasteiger partial charge in [-0.3, -0.25) is 10.1 Å². The van der Waals surface area contributed by atoms with Crippen LogP contribution in [0.3, 0.4) is 0 Å². The Morgan fingerprint density at radius 2 is 1.90 bits per heavy atom. The number of nitro groups is 1. The summed E-state index contributed by atoms with van der Waals surface area (Å²) in [6.07, 6.45) is 0. The Morgan fingerprint density at radius 3 is 2.52 bits per heavy atom. The van der Waals surface area contributed by atoms with Crippen molar-refractivity contribution >= 4 is 27.5 Å². The fraction of sp³-hybridized carbons (Fsp3) is 0.0588. The number of nitrogen functional groups attached to an aromatic ring is 1. The largest absolute Gasteiger partial charge is 0.402 e. The first-order valence-corrected chi connectivity index (χ1v) is 9.38. The van der Waals surface area contributed by atoms with E-state index in [1.807, 2.05) is 0 Å². The molecular formula is C17H13FN4O6S. The lowest BCUT2D eigenvalue weighted by Gasteiger charge is -2.06. The molecule has 29 heavy (non-hydrogen) atoms. The number of rotatable bonds is 5. The zero-order valence-corrected chi connectivity index (χ0v) is 15.6. The molecule has 2 aromatic carbocycles. The van der Waals surface area contributed by atoms with Gasteiger partial charge in [0.25, 0.3) is 15.7 Å². The molecule has 0 amide bonds. The molecule has 1 heterocycles. The van der Waals surface area contributed by atoms with Crippen LogP contribution in [0, 0.1) is 22.9 Å². The normalized spacial score (nSPS) is 11.2. The number of hydrogen-bond acceptors (Lipinski definition) is 8. The second-order valence-electron chi connectivity index (χ2n) is 5.81. The lowest BCUT2D eigenvalue weighted by Crippen LogP contribution is -2.17. The highest BCUT2D eigenvalue weighted by atomic mass is 32.2. The molecule has 3 aromatic rings. The number of nitrogens with zero attached hydrogens (tertiary/aromatic N) is 3. The molecular weight excluding hydrogens is 407 g/mol. The van der Waals surface area contributed by atoms with E-state index in [1.54, 1.807) is 0 Å². The summed E-state index contributed by atoms with van der Waals surface area (Å²) in [6.45, 7) is 1.38. The average molecular weight is 420 g/mol. The fourth-order valence-electron chi connectivity index (χ4n) is 2.50. The van der Waals surface area contributed by atoms with Crippen molar-refractivity contribution in [1.29, 1.82) is 0 Å². The van der Waals surface area contributed by atoms with E-state index in [2.05, 4.69) is 5.10 Å². The average Bonchev–Trinajstić information content (AvgIpc) is 3.02. The minimum atomic E-state index is -4.26. The molecule has 12 heteroatoms. The van der Waals surface area contributed by atoms with Crippen LogP contribution in [0.25, 0.3) is 0 Å². The summed E-state index contributed by atoms with van der Waals surface area (Å²) in [7, 11) is -4.26. The zero-order chi connectivity index (χ0) is 21.3. The third-order valence-electron chi connectivity index (χ3n) is 3.94. The number of carbonyl (C=O) groups excluding carboxylic acids is 1. The molecule has 0 aliphatic rings. The Morgan fingerprint density at radius 1 is 1.24 bits per heavy atom. The maximum atomic E-state index is 13.0. The zero-order valence-electron chi connectivity index (χ0n) is 14.8. The van der Waals surface area contributed by atoms with Gasteiger partial charge < -0.3 is 10.5 Å². The number of anilines is 1. The summed E-state index contributed by atoms with van der Waals surface area (Å²) in [5.74, 6) is -2.38. The maximum Gasteiger partial charge on any atom is 0.345 e. The van der Waals surface area contributed by atoms with E-state index < -0.39 is 32.6 Å². The number of nitrogens with two attached hydrogens (primary N) is 1. The van der Waals surface area contributed by atoms with Crippen LogP contribution in [0.2, 0.25) is 0 Å². The lowest BCUT2D eigenvalue weighted by atomic mass is 10.1. The fourth-order valence-corrected chi connectivity index (χ4v) is 3.70. The Bertz CT molecular complexity index is 1220. The summed E-state index contributed by atoms with van der Waals surface area (Å²) in [5, 5.41) is 14.7. The first kappa shape index (κ1) is 19.9. The second kappa shape index (κ2) is 7.31. The molecule has 0 unspecified atom stereocenters. The van der Waals surface area contributed by atoms with Gasteiger partial charge in [0.2, 0.25) is 5.88 Å².